The first-order chi connectivity index (χ1) is 9.43. The van der Waals surface area contributed by atoms with E-state index in [1.165, 1.54) is 0 Å². The van der Waals surface area contributed by atoms with Gasteiger partial charge in [-0.25, -0.2) is 0 Å². The first-order valence-corrected chi connectivity index (χ1v) is 7.61. The van der Waals surface area contributed by atoms with Crippen molar-refractivity contribution in [2.45, 2.75) is 26.8 Å². The second-order valence-corrected chi connectivity index (χ2v) is 6.28. The number of aromatic nitrogens is 1. The van der Waals surface area contributed by atoms with Crippen LogP contribution in [0.25, 0.3) is 0 Å². The van der Waals surface area contributed by atoms with Crippen molar-refractivity contribution in [3.8, 4) is 0 Å². The van der Waals surface area contributed by atoms with Gasteiger partial charge in [0.05, 0.1) is 5.92 Å². The Bertz CT molecular complexity index is 526. The maximum atomic E-state index is 12.6. The maximum absolute atomic E-state index is 12.6. The molecule has 2 heterocycles. The largest absolute Gasteiger partial charge is 0.481 e. The van der Waals surface area contributed by atoms with E-state index in [0.717, 1.165) is 17.4 Å². The number of aliphatic carboxylic acids is 1. The molecule has 5 nitrogen and oxygen atoms in total. The lowest BCUT2D eigenvalue weighted by Gasteiger charge is -2.17. The van der Waals surface area contributed by atoms with Gasteiger partial charge in [-0.15, -0.1) is 0 Å². The minimum Gasteiger partial charge on any atom is -0.481 e. The van der Waals surface area contributed by atoms with Crippen LogP contribution in [0.1, 0.15) is 30.8 Å². The molecule has 0 bridgehead atoms. The van der Waals surface area contributed by atoms with Crippen molar-refractivity contribution in [3.05, 3.63) is 22.4 Å². The van der Waals surface area contributed by atoms with Gasteiger partial charge in [0, 0.05) is 30.3 Å². The number of nitrogens with zero attached hydrogens (tertiary/aromatic N) is 2. The molecule has 2 rings (SSSR count). The van der Waals surface area contributed by atoms with Crippen LogP contribution in [0.5, 0.6) is 0 Å². The van der Waals surface area contributed by atoms with Crippen LogP contribution in [0.2, 0.25) is 0 Å². The summed E-state index contributed by atoms with van der Waals surface area (Å²) in [5.41, 5.74) is 0.622. The van der Waals surface area contributed by atoms with Crippen LogP contribution < -0.4 is 0 Å². The first kappa shape index (κ1) is 15.1. The topological polar surface area (TPSA) is 62.5 Å². The lowest BCUT2D eigenvalue weighted by molar-refractivity contribution is -0.142. The molecule has 0 spiro atoms. The average Bonchev–Trinajstić information content (AvgIpc) is 2.92. The SMILES string of the molecule is CCCn1cc(Br)cc1C(=O)N1C[C@@H](C)[C@H](C(=O)O)C1. The Balaban J connectivity index is 2.18. The van der Waals surface area contributed by atoms with Gasteiger partial charge < -0.3 is 14.6 Å². The monoisotopic (exact) mass is 342 g/mol. The quantitative estimate of drug-likeness (QED) is 0.914. The molecule has 1 N–H and O–H groups in total. The Hall–Kier alpha value is -1.30. The normalized spacial score (nSPS) is 22.2. The molecule has 0 radical (unpaired) electrons. The van der Waals surface area contributed by atoms with E-state index in [1.807, 2.05) is 17.7 Å². The molecule has 1 aliphatic rings. The van der Waals surface area contributed by atoms with E-state index in [1.54, 1.807) is 11.0 Å². The Morgan fingerprint density at radius 1 is 1.45 bits per heavy atom. The summed E-state index contributed by atoms with van der Waals surface area (Å²) in [6, 6.07) is 1.80. The molecule has 1 aromatic heterocycles. The van der Waals surface area contributed by atoms with Gasteiger partial charge in [-0.1, -0.05) is 13.8 Å². The summed E-state index contributed by atoms with van der Waals surface area (Å²) in [5, 5.41) is 9.15. The molecule has 0 aromatic carbocycles. The number of amides is 1. The highest BCUT2D eigenvalue weighted by molar-refractivity contribution is 9.10. The van der Waals surface area contributed by atoms with Crippen LogP contribution in [-0.4, -0.2) is 39.5 Å². The third kappa shape index (κ3) is 2.90. The highest BCUT2D eigenvalue weighted by Gasteiger charge is 2.37. The number of carbonyl (C=O) groups is 2. The number of halogens is 1. The molecule has 1 saturated heterocycles. The second kappa shape index (κ2) is 5.99. The number of likely N-dealkylation sites (tertiary alicyclic amines) is 1. The second-order valence-electron chi connectivity index (χ2n) is 5.37. The van der Waals surface area contributed by atoms with Gasteiger partial charge in [-0.05, 0) is 34.3 Å². The summed E-state index contributed by atoms with van der Waals surface area (Å²) < 4.78 is 2.79. The number of hydrogen-bond donors (Lipinski definition) is 1. The molecule has 110 valence electrons. The summed E-state index contributed by atoms with van der Waals surface area (Å²) in [6.07, 6.45) is 2.83. The van der Waals surface area contributed by atoms with E-state index < -0.39 is 11.9 Å². The molecule has 2 atom stereocenters. The van der Waals surface area contributed by atoms with Crippen molar-refractivity contribution < 1.29 is 14.7 Å². The number of rotatable bonds is 4. The van der Waals surface area contributed by atoms with Gasteiger partial charge in [0.1, 0.15) is 5.69 Å². The molecule has 6 heteroatoms. The molecular formula is C14H19BrN2O3. The summed E-state index contributed by atoms with van der Waals surface area (Å²) in [6.45, 7) is 5.51. The number of hydrogen-bond acceptors (Lipinski definition) is 2. The van der Waals surface area contributed by atoms with Crippen LogP contribution in [0, 0.1) is 11.8 Å². The molecule has 1 aromatic rings. The minimum atomic E-state index is -0.821. The Labute approximate surface area is 126 Å². The lowest BCUT2D eigenvalue weighted by atomic mass is 9.99. The van der Waals surface area contributed by atoms with Crippen LogP contribution in [0.4, 0.5) is 0 Å². The fourth-order valence-corrected chi connectivity index (χ4v) is 3.16. The molecule has 20 heavy (non-hydrogen) atoms. The van der Waals surface area contributed by atoms with Gasteiger partial charge in [-0.3, -0.25) is 9.59 Å². The molecule has 1 amide bonds. The summed E-state index contributed by atoms with van der Waals surface area (Å²) >= 11 is 3.39. The number of aryl methyl sites for hydroxylation is 1. The zero-order valence-electron chi connectivity index (χ0n) is 11.7. The van der Waals surface area contributed by atoms with Crippen molar-refractivity contribution in [1.29, 1.82) is 0 Å². The van der Waals surface area contributed by atoms with E-state index in [0.29, 0.717) is 18.8 Å². The van der Waals surface area contributed by atoms with Crippen molar-refractivity contribution >= 4 is 27.8 Å². The Morgan fingerprint density at radius 3 is 2.70 bits per heavy atom. The number of carboxylic acid groups (broad SMARTS) is 1. The smallest absolute Gasteiger partial charge is 0.308 e. The van der Waals surface area contributed by atoms with Crippen molar-refractivity contribution in [2.75, 3.05) is 13.1 Å². The zero-order chi connectivity index (χ0) is 14.9. The van der Waals surface area contributed by atoms with Crippen molar-refractivity contribution in [2.24, 2.45) is 11.8 Å². The highest BCUT2D eigenvalue weighted by atomic mass is 79.9. The number of carboxylic acids is 1. The van der Waals surface area contributed by atoms with E-state index in [9.17, 15) is 9.59 Å². The molecule has 1 fully saturated rings. The maximum Gasteiger partial charge on any atom is 0.308 e. The van der Waals surface area contributed by atoms with Crippen molar-refractivity contribution in [1.82, 2.24) is 9.47 Å². The minimum absolute atomic E-state index is 0.00511. The van der Waals surface area contributed by atoms with E-state index in [-0.39, 0.29) is 11.8 Å². The summed E-state index contributed by atoms with van der Waals surface area (Å²) in [5.74, 6) is -1.37. The fourth-order valence-electron chi connectivity index (χ4n) is 2.70. The van der Waals surface area contributed by atoms with Gasteiger partial charge in [0.15, 0.2) is 0 Å². The molecule has 0 aliphatic carbocycles. The van der Waals surface area contributed by atoms with E-state index >= 15 is 0 Å². The summed E-state index contributed by atoms with van der Waals surface area (Å²) in [7, 11) is 0. The standard InChI is InChI=1S/C14H19BrN2O3/c1-3-4-16-7-10(15)5-12(16)13(18)17-6-9(2)11(8-17)14(19)20/h5,7,9,11H,3-4,6,8H2,1-2H3,(H,19,20)/t9-,11-/m1/s1. The van der Waals surface area contributed by atoms with E-state index in [2.05, 4.69) is 22.9 Å². The first-order valence-electron chi connectivity index (χ1n) is 6.81. The Morgan fingerprint density at radius 2 is 2.15 bits per heavy atom. The van der Waals surface area contributed by atoms with Crippen LogP contribution in [0.3, 0.4) is 0 Å². The van der Waals surface area contributed by atoms with Crippen LogP contribution in [-0.2, 0) is 11.3 Å². The molecule has 0 saturated carbocycles. The molecular weight excluding hydrogens is 324 g/mol. The average molecular weight is 343 g/mol. The van der Waals surface area contributed by atoms with Crippen LogP contribution >= 0.6 is 15.9 Å². The molecule has 1 aliphatic heterocycles. The van der Waals surface area contributed by atoms with Gasteiger partial charge in [0.25, 0.3) is 5.91 Å². The zero-order valence-corrected chi connectivity index (χ0v) is 13.3. The predicted molar refractivity (Wildman–Crippen MR) is 78.6 cm³/mol. The highest BCUT2D eigenvalue weighted by Crippen LogP contribution is 2.26. The van der Waals surface area contributed by atoms with Crippen LogP contribution in [0.15, 0.2) is 16.7 Å². The van der Waals surface area contributed by atoms with Gasteiger partial charge in [0.2, 0.25) is 0 Å². The summed E-state index contributed by atoms with van der Waals surface area (Å²) in [4.78, 5) is 25.4. The van der Waals surface area contributed by atoms with Crippen molar-refractivity contribution in [3.63, 3.8) is 0 Å². The number of carbonyl (C=O) groups excluding carboxylic acids is 1. The van der Waals surface area contributed by atoms with Gasteiger partial charge in [-0.2, -0.15) is 0 Å². The third-order valence-electron chi connectivity index (χ3n) is 3.76. The van der Waals surface area contributed by atoms with E-state index in [4.69, 9.17) is 5.11 Å². The Kier molecular flexibility index (Phi) is 4.52. The lowest BCUT2D eigenvalue weighted by Crippen LogP contribution is -2.31. The predicted octanol–water partition coefficient (Wildman–Crippen LogP) is 2.45. The fraction of sp³-hybridized carbons (Fsp3) is 0.571. The van der Waals surface area contributed by atoms with Gasteiger partial charge >= 0.3 is 5.97 Å². The third-order valence-corrected chi connectivity index (χ3v) is 4.20. The molecule has 0 unspecified atom stereocenters.